The minimum Gasteiger partial charge on any atom is -0.330 e. The van der Waals surface area contributed by atoms with Crippen molar-refractivity contribution >= 4 is 23.8 Å². The van der Waals surface area contributed by atoms with E-state index in [0.717, 1.165) is 11.3 Å². The van der Waals surface area contributed by atoms with Crippen LogP contribution in [-0.4, -0.2) is 21.8 Å². The van der Waals surface area contributed by atoms with Crippen LogP contribution < -0.4 is 5.46 Å². The maximum absolute atomic E-state index is 4.36. The maximum atomic E-state index is 4.36. The standard InChI is InChI=1S/C11H15BN3/c1-7(2)15-5-9(12-4)10-8(3)13-6-14-11(10)15/h5-7H,1-4H3. The first-order chi connectivity index (χ1) is 7.15. The van der Waals surface area contributed by atoms with Gasteiger partial charge in [0.2, 0.25) is 0 Å². The summed E-state index contributed by atoms with van der Waals surface area (Å²) in [5, 5.41) is 1.17. The average Bonchev–Trinajstić information content (AvgIpc) is 2.58. The second-order valence-corrected chi connectivity index (χ2v) is 4.03. The highest BCUT2D eigenvalue weighted by Gasteiger charge is 2.12. The van der Waals surface area contributed by atoms with Crippen LogP contribution in [0, 0.1) is 6.92 Å². The molecule has 3 nitrogen and oxygen atoms in total. The highest BCUT2D eigenvalue weighted by atomic mass is 15.1. The van der Waals surface area contributed by atoms with E-state index in [1.807, 2.05) is 13.7 Å². The Bertz CT molecular complexity index is 488. The second kappa shape index (κ2) is 3.68. The lowest BCUT2D eigenvalue weighted by molar-refractivity contribution is 0.618. The minimum absolute atomic E-state index is 0.426. The summed E-state index contributed by atoms with van der Waals surface area (Å²) < 4.78 is 2.19. The molecule has 77 valence electrons. The molecule has 0 spiro atoms. The SMILES string of the molecule is C[B]c1cn(C(C)C)c2ncnc(C)c12. The molecule has 2 aromatic heterocycles. The van der Waals surface area contributed by atoms with Gasteiger partial charge in [0.05, 0.1) is 0 Å². The molecule has 4 heteroatoms. The Labute approximate surface area is 90.8 Å². The monoisotopic (exact) mass is 200 g/mol. The molecule has 0 fully saturated rings. The van der Waals surface area contributed by atoms with Crippen molar-refractivity contribution in [2.45, 2.75) is 33.6 Å². The van der Waals surface area contributed by atoms with Gasteiger partial charge in [0, 0.05) is 23.3 Å². The number of aromatic nitrogens is 3. The van der Waals surface area contributed by atoms with Crippen molar-refractivity contribution in [1.82, 2.24) is 14.5 Å². The van der Waals surface area contributed by atoms with Gasteiger partial charge in [0.25, 0.3) is 0 Å². The summed E-state index contributed by atoms with van der Waals surface area (Å²) in [7, 11) is 2.11. The maximum Gasteiger partial charge on any atom is 0.151 e. The van der Waals surface area contributed by atoms with Crippen molar-refractivity contribution in [1.29, 1.82) is 0 Å². The number of hydrogen-bond acceptors (Lipinski definition) is 2. The number of aryl methyl sites for hydroxylation is 1. The van der Waals surface area contributed by atoms with Crippen LogP contribution >= 0.6 is 0 Å². The Hall–Kier alpha value is -1.32. The molecule has 0 aliphatic carbocycles. The van der Waals surface area contributed by atoms with E-state index >= 15 is 0 Å². The summed E-state index contributed by atoms with van der Waals surface area (Å²) in [5.41, 5.74) is 3.30. The van der Waals surface area contributed by atoms with Gasteiger partial charge in [-0.3, -0.25) is 0 Å². The van der Waals surface area contributed by atoms with E-state index in [1.54, 1.807) is 6.33 Å². The smallest absolute Gasteiger partial charge is 0.151 e. The predicted octanol–water partition coefficient (Wildman–Crippen LogP) is 1.70. The highest BCUT2D eigenvalue weighted by Crippen LogP contribution is 2.17. The average molecular weight is 200 g/mol. The van der Waals surface area contributed by atoms with Crippen LogP contribution in [0.3, 0.4) is 0 Å². The van der Waals surface area contributed by atoms with Crippen LogP contribution in [0.1, 0.15) is 25.6 Å². The Kier molecular flexibility index (Phi) is 2.51. The Morgan fingerprint density at radius 3 is 2.67 bits per heavy atom. The van der Waals surface area contributed by atoms with E-state index in [2.05, 4.69) is 41.9 Å². The van der Waals surface area contributed by atoms with Gasteiger partial charge in [0.15, 0.2) is 7.28 Å². The minimum atomic E-state index is 0.426. The number of hydrogen-bond donors (Lipinski definition) is 0. The third kappa shape index (κ3) is 1.54. The molecular formula is C11H15BN3. The largest absolute Gasteiger partial charge is 0.330 e. The van der Waals surface area contributed by atoms with Crippen molar-refractivity contribution in [2.24, 2.45) is 0 Å². The molecule has 0 atom stereocenters. The van der Waals surface area contributed by atoms with Gasteiger partial charge < -0.3 is 4.57 Å². The van der Waals surface area contributed by atoms with Crippen molar-refractivity contribution in [3.63, 3.8) is 0 Å². The van der Waals surface area contributed by atoms with Gasteiger partial charge in [-0.25, -0.2) is 9.97 Å². The molecule has 1 radical (unpaired) electrons. The molecular weight excluding hydrogens is 185 g/mol. The lowest BCUT2D eigenvalue weighted by Gasteiger charge is -2.07. The molecule has 0 N–H and O–H groups in total. The fraction of sp³-hybridized carbons (Fsp3) is 0.455. The van der Waals surface area contributed by atoms with Crippen LogP contribution in [0.4, 0.5) is 0 Å². The second-order valence-electron chi connectivity index (χ2n) is 4.03. The first-order valence-electron chi connectivity index (χ1n) is 5.26. The first-order valence-corrected chi connectivity index (χ1v) is 5.26. The van der Waals surface area contributed by atoms with Crippen LogP contribution in [0.5, 0.6) is 0 Å². The van der Waals surface area contributed by atoms with Crippen molar-refractivity contribution in [3.05, 3.63) is 18.2 Å². The summed E-state index contributed by atoms with van der Waals surface area (Å²) in [6, 6.07) is 0.426. The zero-order chi connectivity index (χ0) is 11.0. The third-order valence-corrected chi connectivity index (χ3v) is 2.70. The fourth-order valence-electron chi connectivity index (χ4n) is 1.88. The number of rotatable bonds is 2. The van der Waals surface area contributed by atoms with E-state index in [1.165, 1.54) is 10.8 Å². The molecule has 2 rings (SSSR count). The topological polar surface area (TPSA) is 30.7 Å². The summed E-state index contributed by atoms with van der Waals surface area (Å²) in [6.45, 7) is 8.40. The van der Waals surface area contributed by atoms with Crippen molar-refractivity contribution in [3.8, 4) is 0 Å². The van der Waals surface area contributed by atoms with Gasteiger partial charge in [-0.2, -0.15) is 0 Å². The van der Waals surface area contributed by atoms with Gasteiger partial charge in [-0.1, -0.05) is 12.3 Å². The van der Waals surface area contributed by atoms with Gasteiger partial charge in [-0.15, -0.1) is 0 Å². The van der Waals surface area contributed by atoms with E-state index < -0.39 is 0 Å². The van der Waals surface area contributed by atoms with Crippen LogP contribution in [0.15, 0.2) is 12.5 Å². The zero-order valence-electron chi connectivity index (χ0n) is 9.65. The van der Waals surface area contributed by atoms with Crippen LogP contribution in [0.2, 0.25) is 6.82 Å². The lowest BCUT2D eigenvalue weighted by Crippen LogP contribution is -2.10. The Balaban J connectivity index is 2.81. The van der Waals surface area contributed by atoms with Crippen LogP contribution in [-0.2, 0) is 0 Å². The Morgan fingerprint density at radius 1 is 1.33 bits per heavy atom. The quantitative estimate of drug-likeness (QED) is 0.690. The normalized spacial score (nSPS) is 11.3. The molecule has 0 bridgehead atoms. The predicted molar refractivity (Wildman–Crippen MR) is 63.9 cm³/mol. The summed E-state index contributed by atoms with van der Waals surface area (Å²) in [5.74, 6) is 0. The summed E-state index contributed by atoms with van der Waals surface area (Å²) in [4.78, 5) is 8.61. The molecule has 15 heavy (non-hydrogen) atoms. The van der Waals surface area contributed by atoms with E-state index in [4.69, 9.17) is 0 Å². The number of nitrogens with zero attached hydrogens (tertiary/aromatic N) is 3. The fourth-order valence-corrected chi connectivity index (χ4v) is 1.88. The highest BCUT2D eigenvalue weighted by molar-refractivity contribution is 6.55. The van der Waals surface area contributed by atoms with Crippen molar-refractivity contribution < 1.29 is 0 Å². The molecule has 0 saturated heterocycles. The van der Waals surface area contributed by atoms with E-state index in [-0.39, 0.29) is 0 Å². The summed E-state index contributed by atoms with van der Waals surface area (Å²) in [6.07, 6.45) is 3.78. The molecule has 0 aliphatic heterocycles. The van der Waals surface area contributed by atoms with Gasteiger partial charge in [-0.05, 0) is 20.8 Å². The molecule has 0 amide bonds. The lowest BCUT2D eigenvalue weighted by atomic mass is 9.73. The van der Waals surface area contributed by atoms with E-state index in [0.29, 0.717) is 6.04 Å². The Morgan fingerprint density at radius 2 is 2.07 bits per heavy atom. The first kappa shape index (κ1) is 10.2. The molecule has 0 saturated carbocycles. The molecule has 2 heterocycles. The molecule has 0 unspecified atom stereocenters. The third-order valence-electron chi connectivity index (χ3n) is 2.70. The van der Waals surface area contributed by atoms with E-state index in [9.17, 15) is 0 Å². The zero-order valence-corrected chi connectivity index (χ0v) is 9.65. The summed E-state index contributed by atoms with van der Waals surface area (Å²) >= 11 is 0. The molecule has 2 aromatic rings. The van der Waals surface area contributed by atoms with Crippen LogP contribution in [0.25, 0.3) is 11.0 Å². The van der Waals surface area contributed by atoms with Gasteiger partial charge in [0.1, 0.15) is 12.0 Å². The molecule has 0 aliphatic rings. The van der Waals surface area contributed by atoms with Gasteiger partial charge >= 0.3 is 0 Å². The molecule has 0 aromatic carbocycles. The number of fused-ring (bicyclic) bond motifs is 1. The van der Waals surface area contributed by atoms with Crippen molar-refractivity contribution in [2.75, 3.05) is 0 Å².